The summed E-state index contributed by atoms with van der Waals surface area (Å²) in [6.45, 7) is 1.52. The van der Waals surface area contributed by atoms with Crippen molar-refractivity contribution in [2.45, 2.75) is 113 Å². The Morgan fingerprint density at radius 2 is 1.50 bits per heavy atom. The van der Waals surface area contributed by atoms with E-state index in [-0.39, 0.29) is 6.10 Å². The molecule has 36 heavy (non-hydrogen) atoms. The van der Waals surface area contributed by atoms with Crippen LogP contribution in [-0.2, 0) is 14.5 Å². The molecule has 2 N–H and O–H groups in total. The molecule has 0 radical (unpaired) electrons. The van der Waals surface area contributed by atoms with Gasteiger partial charge < -0.3 is 19.9 Å². The molecule has 1 aromatic rings. The van der Waals surface area contributed by atoms with Gasteiger partial charge in [0.15, 0.2) is 0 Å². The third kappa shape index (κ3) is 4.41. The lowest BCUT2D eigenvalue weighted by molar-refractivity contribution is -0.390. The lowest BCUT2D eigenvalue weighted by Crippen LogP contribution is -2.59. The third-order valence-corrected chi connectivity index (χ3v) is 10.5. The molecule has 0 unspecified atom stereocenters. The SMILES string of the molecule is O[C@H]1CC[C@H](NCCOc2ccc([C@H]3CC[C@]4(CC3)OO[C@]3(O4)C4CC5CC(C4)CC3C5)cc2)CC1. The van der Waals surface area contributed by atoms with Crippen LogP contribution < -0.4 is 10.1 Å². The van der Waals surface area contributed by atoms with Crippen LogP contribution >= 0.6 is 0 Å². The Morgan fingerprint density at radius 1 is 0.833 bits per heavy atom. The van der Waals surface area contributed by atoms with E-state index in [1.54, 1.807) is 0 Å². The van der Waals surface area contributed by atoms with Gasteiger partial charge in [-0.05, 0) is 106 Å². The first-order valence-corrected chi connectivity index (χ1v) is 14.8. The largest absolute Gasteiger partial charge is 0.492 e. The average Bonchev–Trinajstić information content (AvgIpc) is 3.26. The second kappa shape index (κ2) is 9.53. The molecule has 0 atom stereocenters. The standard InChI is InChI=1S/C30H43NO5/c32-27-5-3-26(4-6-27)31-13-14-33-28-7-1-22(2-8-28)23-9-11-29(12-10-23)34-30(36-35-29)24-16-20-15-21(18-24)19-25(30)17-20/h1-2,7-8,20-21,23-27,31-32H,3-6,9-19H2/t20?,21?,23-,24?,25?,26-,27-,29+,30-. The fourth-order valence-corrected chi connectivity index (χ4v) is 8.73. The van der Waals surface area contributed by atoms with Gasteiger partial charge in [0.25, 0.3) is 0 Å². The molecular formula is C30H43NO5. The Balaban J connectivity index is 0.887. The highest BCUT2D eigenvalue weighted by atomic mass is 17.3. The topological polar surface area (TPSA) is 69.2 Å². The fourth-order valence-electron chi connectivity index (χ4n) is 8.73. The number of aliphatic hydroxyl groups excluding tert-OH is 1. The van der Waals surface area contributed by atoms with E-state index >= 15 is 0 Å². The van der Waals surface area contributed by atoms with Gasteiger partial charge in [0.2, 0.25) is 11.6 Å². The minimum absolute atomic E-state index is 0.0993. The summed E-state index contributed by atoms with van der Waals surface area (Å²) in [6, 6.07) is 9.23. The maximum absolute atomic E-state index is 9.64. The van der Waals surface area contributed by atoms with Crippen LogP contribution in [0.5, 0.6) is 5.75 Å². The molecule has 1 aliphatic heterocycles. The number of rotatable bonds is 6. The van der Waals surface area contributed by atoms with Gasteiger partial charge in [-0.25, -0.2) is 0 Å². The van der Waals surface area contributed by atoms with Crippen molar-refractivity contribution in [1.82, 2.24) is 5.32 Å². The smallest absolute Gasteiger partial charge is 0.210 e. The molecule has 1 saturated heterocycles. The van der Waals surface area contributed by atoms with Crippen LogP contribution in [0.2, 0.25) is 0 Å². The number of hydrogen-bond acceptors (Lipinski definition) is 6. The second-order valence-electron chi connectivity index (χ2n) is 12.9. The molecule has 6 heteroatoms. The van der Waals surface area contributed by atoms with E-state index in [4.69, 9.17) is 19.2 Å². The molecule has 8 rings (SSSR count). The molecule has 0 aromatic heterocycles. The van der Waals surface area contributed by atoms with Crippen LogP contribution in [0.1, 0.15) is 95.0 Å². The Hall–Kier alpha value is -1.18. The van der Waals surface area contributed by atoms with Gasteiger partial charge in [0.1, 0.15) is 12.4 Å². The minimum atomic E-state index is -0.529. The summed E-state index contributed by atoms with van der Waals surface area (Å²) in [6.07, 6.45) is 14.3. The molecule has 7 fully saturated rings. The van der Waals surface area contributed by atoms with Gasteiger partial charge in [-0.15, -0.1) is 0 Å². The Bertz CT molecular complexity index is 874. The summed E-state index contributed by atoms with van der Waals surface area (Å²) in [5.74, 6) is 3.35. The van der Waals surface area contributed by atoms with Crippen LogP contribution in [-0.4, -0.2) is 42.0 Å². The number of nitrogens with one attached hydrogen (secondary N) is 1. The summed E-state index contributed by atoms with van der Waals surface area (Å²) in [5.41, 5.74) is 1.39. The zero-order valence-corrected chi connectivity index (χ0v) is 21.5. The number of hydrogen-bond donors (Lipinski definition) is 2. The predicted octanol–water partition coefficient (Wildman–Crippen LogP) is 5.44. The predicted molar refractivity (Wildman–Crippen MR) is 135 cm³/mol. The van der Waals surface area contributed by atoms with Crippen molar-refractivity contribution in [3.63, 3.8) is 0 Å². The molecule has 4 bridgehead atoms. The molecule has 2 spiro atoms. The number of aliphatic hydroxyl groups is 1. The van der Waals surface area contributed by atoms with Crippen molar-refractivity contribution in [2.75, 3.05) is 13.2 Å². The molecule has 0 amide bonds. The number of ether oxygens (including phenoxy) is 2. The Labute approximate surface area is 215 Å². The molecule has 6 nitrogen and oxygen atoms in total. The van der Waals surface area contributed by atoms with Crippen LogP contribution in [0.4, 0.5) is 0 Å². The normalized spacial score (nSPS) is 45.5. The molecule has 1 heterocycles. The van der Waals surface area contributed by atoms with E-state index in [2.05, 4.69) is 29.6 Å². The maximum atomic E-state index is 9.64. The quantitative estimate of drug-likeness (QED) is 0.403. The minimum Gasteiger partial charge on any atom is -0.492 e. The highest BCUT2D eigenvalue weighted by Gasteiger charge is 2.66. The highest BCUT2D eigenvalue weighted by Crippen LogP contribution is 2.64. The summed E-state index contributed by atoms with van der Waals surface area (Å²) in [4.78, 5) is 12.3. The van der Waals surface area contributed by atoms with Crippen molar-refractivity contribution in [1.29, 1.82) is 0 Å². The monoisotopic (exact) mass is 497 g/mol. The van der Waals surface area contributed by atoms with Crippen molar-refractivity contribution in [3.05, 3.63) is 29.8 Å². The third-order valence-electron chi connectivity index (χ3n) is 10.5. The first kappa shape index (κ1) is 23.9. The van der Waals surface area contributed by atoms with Crippen molar-refractivity contribution in [3.8, 4) is 5.75 Å². The molecule has 6 aliphatic carbocycles. The van der Waals surface area contributed by atoms with E-state index in [1.165, 1.54) is 37.7 Å². The van der Waals surface area contributed by atoms with E-state index in [9.17, 15) is 5.11 Å². The first-order chi connectivity index (χ1) is 17.6. The zero-order valence-electron chi connectivity index (χ0n) is 21.5. The van der Waals surface area contributed by atoms with Crippen molar-refractivity contribution >= 4 is 0 Å². The molecule has 198 valence electrons. The van der Waals surface area contributed by atoms with Gasteiger partial charge in [0, 0.05) is 37.3 Å². The molecule has 6 saturated carbocycles. The van der Waals surface area contributed by atoms with E-state index in [0.717, 1.165) is 75.5 Å². The van der Waals surface area contributed by atoms with Crippen LogP contribution in [0, 0.1) is 23.7 Å². The maximum Gasteiger partial charge on any atom is 0.210 e. The van der Waals surface area contributed by atoms with E-state index < -0.39 is 11.6 Å². The van der Waals surface area contributed by atoms with Crippen molar-refractivity contribution < 1.29 is 24.4 Å². The summed E-state index contributed by atoms with van der Waals surface area (Å²) >= 11 is 0. The molecule has 7 aliphatic rings. The Morgan fingerprint density at radius 3 is 2.17 bits per heavy atom. The average molecular weight is 498 g/mol. The van der Waals surface area contributed by atoms with Gasteiger partial charge in [0.05, 0.1) is 6.10 Å². The van der Waals surface area contributed by atoms with Crippen molar-refractivity contribution in [2.24, 2.45) is 23.7 Å². The highest BCUT2D eigenvalue weighted by molar-refractivity contribution is 5.30. The van der Waals surface area contributed by atoms with Crippen LogP contribution in [0.25, 0.3) is 0 Å². The summed E-state index contributed by atoms with van der Waals surface area (Å²) in [5, 5.41) is 13.2. The molecular weight excluding hydrogens is 454 g/mol. The van der Waals surface area contributed by atoms with E-state index in [0.29, 0.717) is 30.4 Å². The number of benzene rings is 1. The Kier molecular flexibility index (Phi) is 6.33. The molecule has 1 aromatic carbocycles. The second-order valence-corrected chi connectivity index (χ2v) is 12.9. The zero-order chi connectivity index (χ0) is 24.2. The van der Waals surface area contributed by atoms with Gasteiger partial charge >= 0.3 is 0 Å². The van der Waals surface area contributed by atoms with Crippen LogP contribution in [0.3, 0.4) is 0 Å². The fraction of sp³-hybridized carbons (Fsp3) is 0.800. The summed E-state index contributed by atoms with van der Waals surface area (Å²) in [7, 11) is 0. The van der Waals surface area contributed by atoms with Gasteiger partial charge in [-0.3, -0.25) is 0 Å². The van der Waals surface area contributed by atoms with Gasteiger partial charge in [-0.1, -0.05) is 12.1 Å². The lowest BCUT2D eigenvalue weighted by Gasteiger charge is -2.57. The lowest BCUT2D eigenvalue weighted by atomic mass is 9.53. The summed E-state index contributed by atoms with van der Waals surface area (Å²) < 4.78 is 12.9. The van der Waals surface area contributed by atoms with Crippen LogP contribution in [0.15, 0.2) is 24.3 Å². The van der Waals surface area contributed by atoms with Gasteiger partial charge in [-0.2, -0.15) is 9.78 Å². The first-order valence-electron chi connectivity index (χ1n) is 14.8. The van der Waals surface area contributed by atoms with E-state index in [1.807, 2.05) is 0 Å².